The van der Waals surface area contributed by atoms with E-state index in [4.69, 9.17) is 13.9 Å². The van der Waals surface area contributed by atoms with Gasteiger partial charge in [0.15, 0.2) is 5.76 Å². The summed E-state index contributed by atoms with van der Waals surface area (Å²) in [7, 11) is 0. The molecule has 4 heterocycles. The van der Waals surface area contributed by atoms with Gasteiger partial charge >= 0.3 is 0 Å². The van der Waals surface area contributed by atoms with Gasteiger partial charge in [-0.15, -0.1) is 0 Å². The summed E-state index contributed by atoms with van der Waals surface area (Å²) in [4.78, 5) is 8.45. The Balaban J connectivity index is 1.32. The van der Waals surface area contributed by atoms with Crippen molar-refractivity contribution in [3.8, 4) is 23.0 Å². The fourth-order valence-electron chi connectivity index (χ4n) is 3.39. The third-order valence-electron chi connectivity index (χ3n) is 4.95. The number of benzene rings is 1. The monoisotopic (exact) mass is 428 g/mol. The third-order valence-corrected chi connectivity index (χ3v) is 4.95. The number of hydrogen-bond acceptors (Lipinski definition) is 7. The van der Waals surface area contributed by atoms with Crippen LogP contribution in [0.4, 0.5) is 0 Å². The molecule has 32 heavy (non-hydrogen) atoms. The molecule has 8 heteroatoms. The zero-order chi connectivity index (χ0) is 21.8. The number of pyridine rings is 1. The van der Waals surface area contributed by atoms with Crippen molar-refractivity contribution in [1.82, 2.24) is 14.4 Å². The van der Waals surface area contributed by atoms with Crippen molar-refractivity contribution >= 4 is 16.5 Å². The zero-order valence-corrected chi connectivity index (χ0v) is 17.1. The Hall–Kier alpha value is -4.33. The molecule has 0 saturated carbocycles. The van der Waals surface area contributed by atoms with Gasteiger partial charge in [0.05, 0.1) is 31.1 Å². The van der Waals surface area contributed by atoms with Gasteiger partial charge in [-0.05, 0) is 48.5 Å². The summed E-state index contributed by atoms with van der Waals surface area (Å²) in [5.74, 6) is 1.89. The van der Waals surface area contributed by atoms with Crippen molar-refractivity contribution in [1.29, 1.82) is 0 Å². The number of fused-ring (bicyclic) bond motifs is 2. The van der Waals surface area contributed by atoms with Gasteiger partial charge in [-0.3, -0.25) is 4.98 Å². The average molecular weight is 428 g/mol. The van der Waals surface area contributed by atoms with Crippen molar-refractivity contribution in [2.24, 2.45) is 5.16 Å². The summed E-state index contributed by atoms with van der Waals surface area (Å²) in [5, 5.41) is 14.1. The fourth-order valence-corrected chi connectivity index (χ4v) is 3.39. The largest absolute Gasteiger partial charge is 0.493 e. The fraction of sp³-hybridized carbons (Fsp3) is 0.125. The molecule has 8 nitrogen and oxygen atoms in total. The molecule has 0 spiro atoms. The van der Waals surface area contributed by atoms with Gasteiger partial charge in [-0.2, -0.15) is 0 Å². The van der Waals surface area contributed by atoms with Crippen LogP contribution in [0.5, 0.6) is 11.5 Å². The van der Waals surface area contributed by atoms with E-state index in [1.165, 1.54) is 0 Å². The Labute approximate surface area is 183 Å². The Morgan fingerprint density at radius 3 is 2.75 bits per heavy atom. The van der Waals surface area contributed by atoms with Gasteiger partial charge in [0.2, 0.25) is 0 Å². The molecule has 0 fully saturated rings. The van der Waals surface area contributed by atoms with Crippen LogP contribution >= 0.6 is 0 Å². The molecule has 0 aliphatic rings. The number of nitrogens with zero attached hydrogens (tertiary/aromatic N) is 4. The van der Waals surface area contributed by atoms with Gasteiger partial charge in [0, 0.05) is 30.4 Å². The molecule has 0 aliphatic heterocycles. The minimum Gasteiger partial charge on any atom is -0.493 e. The van der Waals surface area contributed by atoms with Gasteiger partial charge < -0.3 is 23.5 Å². The predicted molar refractivity (Wildman–Crippen MR) is 118 cm³/mol. The summed E-state index contributed by atoms with van der Waals surface area (Å²) < 4.78 is 19.4. The predicted octanol–water partition coefficient (Wildman–Crippen LogP) is 4.28. The smallest absolute Gasteiger partial charge is 0.155 e. The molecule has 0 aliphatic carbocycles. The molecule has 0 saturated heterocycles. The molecule has 1 N–H and O–H groups in total. The van der Waals surface area contributed by atoms with Crippen LogP contribution in [-0.4, -0.2) is 32.8 Å². The lowest BCUT2D eigenvalue weighted by Crippen LogP contribution is -2.07. The van der Waals surface area contributed by atoms with Gasteiger partial charge in [0.1, 0.15) is 28.1 Å². The highest BCUT2D eigenvalue weighted by Crippen LogP contribution is 2.24. The highest BCUT2D eigenvalue weighted by atomic mass is 16.5. The molecule has 1 aromatic carbocycles. The molecule has 5 rings (SSSR count). The Kier molecular flexibility index (Phi) is 5.40. The first-order valence-corrected chi connectivity index (χ1v) is 10.1. The molecule has 0 bridgehead atoms. The average Bonchev–Trinajstić information content (AvgIpc) is 3.32. The molecule has 0 unspecified atom stereocenters. The van der Waals surface area contributed by atoms with Crippen molar-refractivity contribution in [3.05, 3.63) is 84.9 Å². The minimum atomic E-state index is 0.378. The molecule has 160 valence electrons. The highest BCUT2D eigenvalue weighted by Gasteiger charge is 2.10. The first-order valence-electron chi connectivity index (χ1n) is 10.1. The van der Waals surface area contributed by atoms with Crippen LogP contribution in [0.3, 0.4) is 0 Å². The molecule has 4 aromatic heterocycles. The lowest BCUT2D eigenvalue weighted by atomic mass is 10.2. The molecular weight excluding hydrogens is 408 g/mol. The third kappa shape index (κ3) is 4.11. The normalized spacial score (nSPS) is 11.8. The SMILES string of the molecule is O/N=c1/cc(-c2cc3cccn3cn2)oc2ccc(OCCCOc3cccnc3)cc12. The summed E-state index contributed by atoms with van der Waals surface area (Å²) in [6, 6.07) is 16.6. The number of aromatic nitrogens is 3. The standard InChI is InChI=1S/C24H20N4O4/c29-27-21-14-24(22-12-17-4-2-9-28(17)16-26-22)32-23-7-6-18(13-20(21)23)30-10-3-11-31-19-5-1-8-25-15-19/h1-2,4-9,12-16,29H,3,10-11H2/b27-21-. The van der Waals surface area contributed by atoms with Gasteiger partial charge in [-0.1, -0.05) is 5.16 Å². The second kappa shape index (κ2) is 8.81. The van der Waals surface area contributed by atoms with E-state index >= 15 is 0 Å². The van der Waals surface area contributed by atoms with E-state index in [0.29, 0.717) is 53.2 Å². The molecule has 0 radical (unpaired) electrons. The van der Waals surface area contributed by atoms with Crippen molar-refractivity contribution in [2.45, 2.75) is 6.42 Å². The van der Waals surface area contributed by atoms with Crippen LogP contribution in [0, 0.1) is 0 Å². The first-order chi connectivity index (χ1) is 15.8. The van der Waals surface area contributed by atoms with Gasteiger partial charge in [0.25, 0.3) is 0 Å². The molecule has 5 aromatic rings. The molecule has 0 amide bonds. The van der Waals surface area contributed by atoms with Crippen LogP contribution in [0.15, 0.2) is 89.1 Å². The van der Waals surface area contributed by atoms with E-state index in [2.05, 4.69) is 15.1 Å². The van der Waals surface area contributed by atoms with E-state index in [1.807, 2.05) is 47.0 Å². The van der Waals surface area contributed by atoms with Crippen LogP contribution in [0.25, 0.3) is 27.9 Å². The Bertz CT molecular complexity index is 1430. The number of ether oxygens (including phenoxy) is 2. The van der Waals surface area contributed by atoms with E-state index < -0.39 is 0 Å². The maximum absolute atomic E-state index is 9.59. The van der Waals surface area contributed by atoms with E-state index in [0.717, 1.165) is 11.3 Å². The van der Waals surface area contributed by atoms with Crippen LogP contribution in [0.1, 0.15) is 6.42 Å². The molecule has 0 atom stereocenters. The summed E-state index contributed by atoms with van der Waals surface area (Å²) >= 11 is 0. The lowest BCUT2D eigenvalue weighted by molar-refractivity contribution is 0.247. The second-order valence-corrected chi connectivity index (χ2v) is 7.11. The molecular formula is C24H20N4O4. The van der Waals surface area contributed by atoms with Crippen LogP contribution in [0.2, 0.25) is 0 Å². The van der Waals surface area contributed by atoms with Crippen LogP contribution in [-0.2, 0) is 0 Å². The number of rotatable bonds is 7. The van der Waals surface area contributed by atoms with Crippen molar-refractivity contribution < 1.29 is 19.1 Å². The Morgan fingerprint density at radius 1 is 1.00 bits per heavy atom. The second-order valence-electron chi connectivity index (χ2n) is 7.11. The van der Waals surface area contributed by atoms with E-state index in [-0.39, 0.29) is 0 Å². The van der Waals surface area contributed by atoms with Crippen molar-refractivity contribution in [2.75, 3.05) is 13.2 Å². The van der Waals surface area contributed by atoms with E-state index in [1.54, 1.807) is 36.9 Å². The van der Waals surface area contributed by atoms with Crippen molar-refractivity contribution in [3.63, 3.8) is 0 Å². The summed E-state index contributed by atoms with van der Waals surface area (Å²) in [5.41, 5.74) is 2.21. The van der Waals surface area contributed by atoms with Gasteiger partial charge in [-0.25, -0.2) is 4.98 Å². The minimum absolute atomic E-state index is 0.378. The van der Waals surface area contributed by atoms with E-state index in [9.17, 15) is 5.21 Å². The summed E-state index contributed by atoms with van der Waals surface area (Å²) in [6.45, 7) is 1.00. The van der Waals surface area contributed by atoms with Crippen LogP contribution < -0.4 is 14.8 Å². The zero-order valence-electron chi connectivity index (χ0n) is 17.1. The maximum atomic E-state index is 9.59. The first kappa shape index (κ1) is 19.6. The Morgan fingerprint density at radius 2 is 1.91 bits per heavy atom. The highest BCUT2D eigenvalue weighted by molar-refractivity contribution is 5.80. The topological polar surface area (TPSA) is 94.4 Å². The summed E-state index contributed by atoms with van der Waals surface area (Å²) in [6.07, 6.45) is 7.73. The quantitative estimate of drug-likeness (QED) is 0.236. The maximum Gasteiger partial charge on any atom is 0.155 e. The lowest BCUT2D eigenvalue weighted by Gasteiger charge is -2.09. The number of hydrogen-bond donors (Lipinski definition) is 1.